The minimum atomic E-state index is 0.115. The lowest BCUT2D eigenvalue weighted by molar-refractivity contribution is -0.117. The van der Waals surface area contributed by atoms with Crippen molar-refractivity contribution in [3.8, 4) is 0 Å². The zero-order valence-electron chi connectivity index (χ0n) is 11.8. The zero-order valence-corrected chi connectivity index (χ0v) is 11.8. The molecule has 3 heteroatoms. The van der Waals surface area contributed by atoms with E-state index in [-0.39, 0.29) is 5.91 Å². The summed E-state index contributed by atoms with van der Waals surface area (Å²) in [4.78, 5) is 11.9. The van der Waals surface area contributed by atoms with Gasteiger partial charge in [-0.15, -0.1) is 0 Å². The van der Waals surface area contributed by atoms with Gasteiger partial charge < -0.3 is 10.1 Å². The minimum absolute atomic E-state index is 0.115. The quantitative estimate of drug-likeness (QED) is 0.900. The number of carbonyl (C=O) groups excluding carboxylic acids is 1. The minimum Gasteiger partial charge on any atom is -0.381 e. The molecule has 19 heavy (non-hydrogen) atoms. The van der Waals surface area contributed by atoms with Gasteiger partial charge in [0.1, 0.15) is 0 Å². The maximum absolute atomic E-state index is 11.9. The average Bonchev–Trinajstić information content (AvgIpc) is 2.40. The van der Waals surface area contributed by atoms with Crippen molar-refractivity contribution >= 4 is 11.6 Å². The van der Waals surface area contributed by atoms with Crippen molar-refractivity contribution in [2.75, 3.05) is 18.5 Å². The summed E-state index contributed by atoms with van der Waals surface area (Å²) in [5, 5.41) is 2.98. The number of hydrogen-bond acceptors (Lipinski definition) is 2. The highest BCUT2D eigenvalue weighted by atomic mass is 16.5. The Labute approximate surface area is 115 Å². The molecule has 0 bridgehead atoms. The lowest BCUT2D eigenvalue weighted by Crippen LogP contribution is -2.22. The second-order valence-electron chi connectivity index (χ2n) is 5.58. The maximum atomic E-state index is 11.9. The monoisotopic (exact) mass is 261 g/mol. The summed E-state index contributed by atoms with van der Waals surface area (Å²) in [5.74, 6) is 1.11. The van der Waals surface area contributed by atoms with Gasteiger partial charge in [-0.1, -0.05) is 26.0 Å². The van der Waals surface area contributed by atoms with Crippen LogP contribution in [0, 0.1) is 5.92 Å². The van der Waals surface area contributed by atoms with Crippen LogP contribution in [0.15, 0.2) is 24.3 Å². The molecule has 0 saturated carbocycles. The zero-order chi connectivity index (χ0) is 13.7. The first-order valence-corrected chi connectivity index (χ1v) is 7.12. The fourth-order valence-electron chi connectivity index (χ4n) is 2.38. The molecule has 1 fully saturated rings. The van der Waals surface area contributed by atoms with E-state index in [4.69, 9.17) is 4.74 Å². The summed E-state index contributed by atoms with van der Waals surface area (Å²) < 4.78 is 5.30. The normalized spacial score (nSPS) is 16.6. The molecular formula is C16H23NO2. The van der Waals surface area contributed by atoms with E-state index in [1.54, 1.807) is 0 Å². The molecule has 2 rings (SSSR count). The number of nitrogens with one attached hydrogen (secondary N) is 1. The second kappa shape index (κ2) is 6.71. The molecule has 1 aromatic carbocycles. The Hall–Kier alpha value is -1.35. The number of rotatable bonds is 4. The van der Waals surface area contributed by atoms with E-state index >= 15 is 0 Å². The van der Waals surface area contributed by atoms with E-state index in [9.17, 15) is 4.79 Å². The fraction of sp³-hybridized carbons (Fsp3) is 0.562. The van der Waals surface area contributed by atoms with Crippen LogP contribution in [-0.4, -0.2) is 19.1 Å². The summed E-state index contributed by atoms with van der Waals surface area (Å²) in [5.41, 5.74) is 2.18. The van der Waals surface area contributed by atoms with Crippen LogP contribution in [0.5, 0.6) is 0 Å². The van der Waals surface area contributed by atoms with Gasteiger partial charge in [-0.25, -0.2) is 0 Å². The summed E-state index contributed by atoms with van der Waals surface area (Å²) in [7, 11) is 0. The fourth-order valence-corrected chi connectivity index (χ4v) is 2.38. The topological polar surface area (TPSA) is 38.3 Å². The van der Waals surface area contributed by atoms with Gasteiger partial charge >= 0.3 is 0 Å². The first-order valence-electron chi connectivity index (χ1n) is 7.12. The molecule has 1 heterocycles. The third-order valence-corrected chi connectivity index (χ3v) is 3.68. The van der Waals surface area contributed by atoms with Gasteiger partial charge in [0.25, 0.3) is 0 Å². The van der Waals surface area contributed by atoms with Gasteiger partial charge in [-0.05, 0) is 42.4 Å². The largest absolute Gasteiger partial charge is 0.381 e. The molecule has 1 aliphatic heterocycles. The van der Waals surface area contributed by atoms with Crippen molar-refractivity contribution in [1.82, 2.24) is 0 Å². The van der Waals surface area contributed by atoms with Crippen molar-refractivity contribution in [2.24, 2.45) is 5.92 Å². The molecule has 0 unspecified atom stereocenters. The molecule has 104 valence electrons. The van der Waals surface area contributed by atoms with Crippen LogP contribution in [0.25, 0.3) is 0 Å². The molecule has 0 atom stereocenters. The van der Waals surface area contributed by atoms with Crippen LogP contribution in [0.4, 0.5) is 5.69 Å². The van der Waals surface area contributed by atoms with Crippen molar-refractivity contribution in [3.05, 3.63) is 29.8 Å². The second-order valence-corrected chi connectivity index (χ2v) is 5.58. The molecule has 0 radical (unpaired) electrons. The van der Waals surface area contributed by atoms with Crippen LogP contribution in [-0.2, 0) is 9.53 Å². The van der Waals surface area contributed by atoms with Gasteiger partial charge in [0.05, 0.1) is 0 Å². The number of hydrogen-bond donors (Lipinski definition) is 1. The van der Waals surface area contributed by atoms with Crippen molar-refractivity contribution in [1.29, 1.82) is 0 Å². The Morgan fingerprint density at radius 1 is 1.26 bits per heavy atom. The highest BCUT2D eigenvalue weighted by Crippen LogP contribution is 2.20. The molecule has 1 aliphatic rings. The van der Waals surface area contributed by atoms with Crippen LogP contribution < -0.4 is 5.32 Å². The summed E-state index contributed by atoms with van der Waals surface area (Å²) in [6.45, 7) is 5.92. The van der Waals surface area contributed by atoms with E-state index in [0.29, 0.717) is 18.3 Å². The number of carbonyl (C=O) groups is 1. The maximum Gasteiger partial charge on any atom is 0.224 e. The number of ether oxygens (including phenoxy) is 1. The van der Waals surface area contributed by atoms with Crippen LogP contribution in [0.3, 0.4) is 0 Å². The highest BCUT2D eigenvalue weighted by Gasteiger charge is 2.17. The third-order valence-electron chi connectivity index (χ3n) is 3.68. The number of benzene rings is 1. The highest BCUT2D eigenvalue weighted by molar-refractivity contribution is 5.90. The predicted octanol–water partition coefficient (Wildman–Crippen LogP) is 3.57. The molecule has 1 saturated heterocycles. The molecule has 0 aliphatic carbocycles. The van der Waals surface area contributed by atoms with Gasteiger partial charge in [0.2, 0.25) is 5.91 Å². The number of amides is 1. The summed E-state index contributed by atoms with van der Waals surface area (Å²) in [6, 6.07) is 8.12. The Balaban J connectivity index is 1.84. The molecule has 0 spiro atoms. The van der Waals surface area contributed by atoms with E-state index < -0.39 is 0 Å². The summed E-state index contributed by atoms with van der Waals surface area (Å²) in [6.07, 6.45) is 2.61. The van der Waals surface area contributed by atoms with Crippen LogP contribution in [0.1, 0.15) is 44.6 Å². The lowest BCUT2D eigenvalue weighted by atomic mass is 9.96. The molecule has 1 amide bonds. The lowest BCUT2D eigenvalue weighted by Gasteiger charge is -2.21. The van der Waals surface area contributed by atoms with E-state index in [1.807, 2.05) is 12.1 Å². The third kappa shape index (κ3) is 4.35. The molecule has 3 nitrogen and oxygen atoms in total. The smallest absolute Gasteiger partial charge is 0.224 e. The van der Waals surface area contributed by atoms with Crippen LogP contribution in [0.2, 0.25) is 0 Å². The van der Waals surface area contributed by atoms with E-state index in [1.165, 1.54) is 5.56 Å². The van der Waals surface area contributed by atoms with Gasteiger partial charge in [0, 0.05) is 25.3 Å². The standard InChI is InChI=1S/C16H23NO2/c1-12(2)14-3-5-15(6-4-14)17-16(18)11-13-7-9-19-10-8-13/h3-6,12-13H,7-11H2,1-2H3,(H,17,18). The molecular weight excluding hydrogens is 238 g/mol. The predicted molar refractivity (Wildman–Crippen MR) is 77.3 cm³/mol. The van der Waals surface area contributed by atoms with Crippen molar-refractivity contribution in [2.45, 2.75) is 39.0 Å². The average molecular weight is 261 g/mol. The molecule has 0 aromatic heterocycles. The Kier molecular flexibility index (Phi) is 4.97. The van der Waals surface area contributed by atoms with E-state index in [0.717, 1.165) is 31.7 Å². The molecule has 1 N–H and O–H groups in total. The van der Waals surface area contributed by atoms with Crippen molar-refractivity contribution in [3.63, 3.8) is 0 Å². The first kappa shape index (κ1) is 14.1. The summed E-state index contributed by atoms with van der Waals surface area (Å²) >= 11 is 0. The van der Waals surface area contributed by atoms with Gasteiger partial charge in [0.15, 0.2) is 0 Å². The Bertz CT molecular complexity index is 405. The Morgan fingerprint density at radius 3 is 2.47 bits per heavy atom. The number of anilines is 1. The Morgan fingerprint density at radius 2 is 1.89 bits per heavy atom. The van der Waals surface area contributed by atoms with Crippen molar-refractivity contribution < 1.29 is 9.53 Å². The van der Waals surface area contributed by atoms with Crippen LogP contribution >= 0.6 is 0 Å². The molecule has 1 aromatic rings. The van der Waals surface area contributed by atoms with Gasteiger partial charge in [-0.3, -0.25) is 4.79 Å². The van der Waals surface area contributed by atoms with E-state index in [2.05, 4.69) is 31.3 Å². The van der Waals surface area contributed by atoms with Gasteiger partial charge in [-0.2, -0.15) is 0 Å². The first-order chi connectivity index (χ1) is 9.15. The SMILES string of the molecule is CC(C)c1ccc(NC(=O)CC2CCOCC2)cc1.